The molecule has 0 unspecified atom stereocenters. The van der Waals surface area contributed by atoms with E-state index in [4.69, 9.17) is 15.2 Å². The largest absolute Gasteiger partial charge is 0.493 e. The lowest BCUT2D eigenvalue weighted by Gasteiger charge is -2.10. The lowest BCUT2D eigenvalue weighted by molar-refractivity contribution is 0.374. The van der Waals surface area contributed by atoms with E-state index in [1.54, 1.807) is 25.4 Å². The van der Waals surface area contributed by atoms with Crippen molar-refractivity contribution in [2.45, 2.75) is 13.3 Å². The zero-order valence-corrected chi connectivity index (χ0v) is 10.5. The van der Waals surface area contributed by atoms with Crippen molar-refractivity contribution in [3.63, 3.8) is 0 Å². The fourth-order valence-corrected chi connectivity index (χ4v) is 1.58. The van der Waals surface area contributed by atoms with Gasteiger partial charge in [-0.15, -0.1) is 0 Å². The summed E-state index contributed by atoms with van der Waals surface area (Å²) < 4.78 is 11.0. The van der Waals surface area contributed by atoms with Gasteiger partial charge in [0.25, 0.3) is 0 Å². The zero-order valence-electron chi connectivity index (χ0n) is 10.5. The normalized spacial score (nSPS) is 10.1. The van der Waals surface area contributed by atoms with Crippen molar-refractivity contribution in [3.05, 3.63) is 42.1 Å². The van der Waals surface area contributed by atoms with Crippen LogP contribution < -0.4 is 15.2 Å². The van der Waals surface area contributed by atoms with E-state index in [1.165, 1.54) is 5.56 Å². The van der Waals surface area contributed by atoms with Crippen molar-refractivity contribution in [3.8, 4) is 17.4 Å². The molecule has 0 atom stereocenters. The van der Waals surface area contributed by atoms with Gasteiger partial charge in [0, 0.05) is 6.07 Å². The SMILES string of the molecule is CCc1ccc(Oc2ccc(N)cn2)c(OC)c1. The molecule has 0 aliphatic rings. The molecule has 0 amide bonds. The Kier molecular flexibility index (Phi) is 3.67. The number of hydrogen-bond acceptors (Lipinski definition) is 4. The van der Waals surface area contributed by atoms with E-state index in [2.05, 4.69) is 11.9 Å². The molecule has 0 radical (unpaired) electrons. The van der Waals surface area contributed by atoms with Crippen LogP contribution in [0.2, 0.25) is 0 Å². The maximum Gasteiger partial charge on any atom is 0.219 e. The van der Waals surface area contributed by atoms with Gasteiger partial charge in [-0.05, 0) is 30.2 Å². The van der Waals surface area contributed by atoms with Crippen LogP contribution in [0.4, 0.5) is 5.69 Å². The molecular weight excluding hydrogens is 228 g/mol. The molecule has 1 heterocycles. The van der Waals surface area contributed by atoms with Crippen molar-refractivity contribution >= 4 is 5.69 Å². The molecular formula is C14H16N2O2. The molecule has 2 N–H and O–H groups in total. The van der Waals surface area contributed by atoms with E-state index in [-0.39, 0.29) is 0 Å². The number of nitrogen functional groups attached to an aromatic ring is 1. The van der Waals surface area contributed by atoms with Gasteiger partial charge in [-0.3, -0.25) is 0 Å². The number of nitrogens with zero attached hydrogens (tertiary/aromatic N) is 1. The summed E-state index contributed by atoms with van der Waals surface area (Å²) in [5.74, 6) is 1.84. The number of ether oxygens (including phenoxy) is 2. The summed E-state index contributed by atoms with van der Waals surface area (Å²) in [6.45, 7) is 2.09. The first-order valence-corrected chi connectivity index (χ1v) is 5.79. The first kappa shape index (κ1) is 12.2. The number of methoxy groups -OCH3 is 1. The van der Waals surface area contributed by atoms with Crippen molar-refractivity contribution < 1.29 is 9.47 Å². The molecule has 1 aromatic carbocycles. The minimum Gasteiger partial charge on any atom is -0.493 e. The third-order valence-corrected chi connectivity index (χ3v) is 2.61. The first-order chi connectivity index (χ1) is 8.72. The van der Waals surface area contributed by atoms with Crippen molar-refractivity contribution in [2.75, 3.05) is 12.8 Å². The second-order valence-electron chi connectivity index (χ2n) is 3.87. The molecule has 18 heavy (non-hydrogen) atoms. The number of aryl methyl sites for hydroxylation is 1. The smallest absolute Gasteiger partial charge is 0.219 e. The topological polar surface area (TPSA) is 57.4 Å². The highest BCUT2D eigenvalue weighted by atomic mass is 16.5. The molecule has 0 spiro atoms. The van der Waals surface area contributed by atoms with Crippen LogP contribution in [0.5, 0.6) is 17.4 Å². The number of anilines is 1. The van der Waals surface area contributed by atoms with E-state index in [9.17, 15) is 0 Å². The predicted molar refractivity (Wildman–Crippen MR) is 71.1 cm³/mol. The molecule has 2 aromatic rings. The second kappa shape index (κ2) is 5.40. The van der Waals surface area contributed by atoms with Gasteiger partial charge in [-0.1, -0.05) is 13.0 Å². The zero-order chi connectivity index (χ0) is 13.0. The van der Waals surface area contributed by atoms with Crippen LogP contribution in [-0.4, -0.2) is 12.1 Å². The molecule has 0 saturated carbocycles. The summed E-state index contributed by atoms with van der Waals surface area (Å²) >= 11 is 0. The summed E-state index contributed by atoms with van der Waals surface area (Å²) in [5.41, 5.74) is 7.38. The highest BCUT2D eigenvalue weighted by Gasteiger charge is 2.07. The first-order valence-electron chi connectivity index (χ1n) is 5.79. The van der Waals surface area contributed by atoms with Crippen molar-refractivity contribution in [2.24, 2.45) is 0 Å². The summed E-state index contributed by atoms with van der Waals surface area (Å²) in [5, 5.41) is 0. The average molecular weight is 244 g/mol. The maximum absolute atomic E-state index is 5.66. The third kappa shape index (κ3) is 2.71. The predicted octanol–water partition coefficient (Wildman–Crippen LogP) is 3.03. The Morgan fingerprint density at radius 2 is 2.00 bits per heavy atom. The summed E-state index contributed by atoms with van der Waals surface area (Å²) in [6, 6.07) is 9.33. The van der Waals surface area contributed by atoms with Crippen molar-refractivity contribution in [1.29, 1.82) is 0 Å². The van der Waals surface area contributed by atoms with Crippen LogP contribution in [0.15, 0.2) is 36.5 Å². The third-order valence-electron chi connectivity index (χ3n) is 2.61. The van der Waals surface area contributed by atoms with Gasteiger partial charge in [0.05, 0.1) is 19.0 Å². The lowest BCUT2D eigenvalue weighted by atomic mass is 10.1. The monoisotopic (exact) mass is 244 g/mol. The van der Waals surface area contributed by atoms with Crippen LogP contribution in [0.25, 0.3) is 0 Å². The van der Waals surface area contributed by atoms with E-state index in [1.807, 2.05) is 18.2 Å². The van der Waals surface area contributed by atoms with Crippen LogP contribution >= 0.6 is 0 Å². The summed E-state index contributed by atoms with van der Waals surface area (Å²) in [7, 11) is 1.62. The number of pyridine rings is 1. The van der Waals surface area contributed by atoms with Crippen LogP contribution in [-0.2, 0) is 6.42 Å². The van der Waals surface area contributed by atoms with E-state index < -0.39 is 0 Å². The molecule has 0 saturated heterocycles. The average Bonchev–Trinajstić information content (AvgIpc) is 2.41. The molecule has 1 aromatic heterocycles. The Morgan fingerprint density at radius 3 is 2.61 bits per heavy atom. The molecule has 0 fully saturated rings. The second-order valence-corrected chi connectivity index (χ2v) is 3.87. The van der Waals surface area contributed by atoms with Crippen LogP contribution in [0, 0.1) is 0 Å². The minimum absolute atomic E-state index is 0.492. The maximum atomic E-state index is 5.66. The number of nitrogens with two attached hydrogens (primary N) is 1. The van der Waals surface area contributed by atoms with Crippen LogP contribution in [0.1, 0.15) is 12.5 Å². The number of hydrogen-bond donors (Lipinski definition) is 1. The molecule has 4 heteroatoms. The fourth-order valence-electron chi connectivity index (χ4n) is 1.58. The summed E-state index contributed by atoms with van der Waals surface area (Å²) in [6.07, 6.45) is 2.51. The Hall–Kier alpha value is -2.23. The van der Waals surface area contributed by atoms with Gasteiger partial charge in [0.15, 0.2) is 11.5 Å². The fraction of sp³-hybridized carbons (Fsp3) is 0.214. The Bertz CT molecular complexity index is 524. The molecule has 0 bridgehead atoms. The molecule has 0 aliphatic heterocycles. The summed E-state index contributed by atoms with van der Waals surface area (Å²) in [4.78, 5) is 4.09. The van der Waals surface area contributed by atoms with Gasteiger partial charge < -0.3 is 15.2 Å². The van der Waals surface area contributed by atoms with E-state index in [0.29, 0.717) is 23.1 Å². The van der Waals surface area contributed by atoms with Gasteiger partial charge in [0.2, 0.25) is 5.88 Å². The van der Waals surface area contributed by atoms with Gasteiger partial charge in [-0.2, -0.15) is 0 Å². The van der Waals surface area contributed by atoms with Crippen molar-refractivity contribution in [1.82, 2.24) is 4.98 Å². The quantitative estimate of drug-likeness (QED) is 0.898. The molecule has 94 valence electrons. The van der Waals surface area contributed by atoms with Gasteiger partial charge in [-0.25, -0.2) is 4.98 Å². The molecule has 0 aliphatic carbocycles. The van der Waals surface area contributed by atoms with Crippen LogP contribution in [0.3, 0.4) is 0 Å². The Balaban J connectivity index is 2.25. The highest BCUT2D eigenvalue weighted by Crippen LogP contribution is 2.31. The van der Waals surface area contributed by atoms with Gasteiger partial charge >= 0.3 is 0 Å². The number of rotatable bonds is 4. The van der Waals surface area contributed by atoms with E-state index >= 15 is 0 Å². The molecule has 2 rings (SSSR count). The molecule has 4 nitrogen and oxygen atoms in total. The Labute approximate surface area is 106 Å². The lowest BCUT2D eigenvalue weighted by Crippen LogP contribution is -1.94. The standard InChI is InChI=1S/C14H16N2O2/c1-3-10-4-6-12(13(8-10)17-2)18-14-7-5-11(15)9-16-14/h4-9H,3,15H2,1-2H3. The highest BCUT2D eigenvalue weighted by molar-refractivity contribution is 5.45. The minimum atomic E-state index is 0.492. The van der Waals surface area contributed by atoms with E-state index in [0.717, 1.165) is 6.42 Å². The number of benzene rings is 1. The Morgan fingerprint density at radius 1 is 1.17 bits per heavy atom. The number of aromatic nitrogens is 1. The van der Waals surface area contributed by atoms with Gasteiger partial charge in [0.1, 0.15) is 0 Å².